The van der Waals surface area contributed by atoms with Gasteiger partial charge in [0.1, 0.15) is 6.61 Å². The third-order valence-electron chi connectivity index (χ3n) is 2.10. The standard InChI is InChI=1S/C9H9NO4S.Na/c11-9-10(5-6-14-9)7-1-3-8(4-2-7)15(12)13;/h1-4H,5-6H2,(H,12,13);/q;+1/p-1. The van der Waals surface area contributed by atoms with Crippen LogP contribution in [0, 0.1) is 0 Å². The largest absolute Gasteiger partial charge is 1.00 e. The number of ether oxygens (including phenoxy) is 1. The SMILES string of the molecule is O=C1OCCN1c1ccc(S(=O)[O-])cc1.[Na+]. The molecule has 1 aromatic carbocycles. The predicted molar refractivity (Wildman–Crippen MR) is 52.3 cm³/mol. The second-order valence-corrected chi connectivity index (χ2v) is 3.94. The molecule has 1 atom stereocenters. The van der Waals surface area contributed by atoms with Gasteiger partial charge < -0.3 is 9.29 Å². The number of rotatable bonds is 2. The molecule has 0 radical (unpaired) electrons. The molecule has 0 aliphatic carbocycles. The van der Waals surface area contributed by atoms with E-state index in [1.54, 1.807) is 12.1 Å². The van der Waals surface area contributed by atoms with Crippen molar-refractivity contribution in [1.82, 2.24) is 0 Å². The van der Waals surface area contributed by atoms with Gasteiger partial charge in [0.2, 0.25) is 0 Å². The predicted octanol–water partition coefficient (Wildman–Crippen LogP) is -2.11. The van der Waals surface area contributed by atoms with E-state index in [1.165, 1.54) is 17.0 Å². The van der Waals surface area contributed by atoms with E-state index in [4.69, 9.17) is 4.74 Å². The average Bonchev–Trinajstić information content (AvgIpc) is 2.65. The first-order chi connectivity index (χ1) is 7.18. The zero-order chi connectivity index (χ0) is 10.8. The van der Waals surface area contributed by atoms with Gasteiger partial charge in [0.25, 0.3) is 0 Å². The number of carbonyl (C=O) groups is 1. The summed E-state index contributed by atoms with van der Waals surface area (Å²) in [5.74, 6) is 0. The van der Waals surface area contributed by atoms with E-state index in [2.05, 4.69) is 0 Å². The molecule has 0 N–H and O–H groups in total. The maximum Gasteiger partial charge on any atom is 1.00 e. The summed E-state index contributed by atoms with van der Waals surface area (Å²) >= 11 is -2.23. The van der Waals surface area contributed by atoms with Crippen LogP contribution in [-0.4, -0.2) is 28.0 Å². The van der Waals surface area contributed by atoms with Crippen LogP contribution >= 0.6 is 0 Å². The molecule has 0 aromatic heterocycles. The van der Waals surface area contributed by atoms with E-state index >= 15 is 0 Å². The van der Waals surface area contributed by atoms with Crippen LogP contribution in [0.15, 0.2) is 29.2 Å². The zero-order valence-corrected chi connectivity index (χ0v) is 11.5. The van der Waals surface area contributed by atoms with Crippen molar-refractivity contribution in [2.45, 2.75) is 4.90 Å². The van der Waals surface area contributed by atoms with Crippen molar-refractivity contribution in [2.75, 3.05) is 18.1 Å². The van der Waals surface area contributed by atoms with Gasteiger partial charge in [-0.3, -0.25) is 9.11 Å². The number of anilines is 1. The van der Waals surface area contributed by atoms with Gasteiger partial charge in [-0.25, -0.2) is 4.79 Å². The van der Waals surface area contributed by atoms with Crippen LogP contribution in [0.3, 0.4) is 0 Å². The fraction of sp³-hybridized carbons (Fsp3) is 0.222. The summed E-state index contributed by atoms with van der Waals surface area (Å²) in [5.41, 5.74) is 0.645. The number of benzene rings is 1. The summed E-state index contributed by atoms with van der Waals surface area (Å²) in [6.45, 7) is 0.868. The molecule has 1 aromatic rings. The summed E-state index contributed by atoms with van der Waals surface area (Å²) < 4.78 is 25.9. The Labute approximate surface area is 117 Å². The number of amides is 1. The molecule has 1 unspecified atom stereocenters. The van der Waals surface area contributed by atoms with Crippen molar-refractivity contribution in [3.63, 3.8) is 0 Å². The molecule has 0 bridgehead atoms. The molecule has 80 valence electrons. The van der Waals surface area contributed by atoms with Crippen molar-refractivity contribution in [2.24, 2.45) is 0 Å². The molecule has 1 saturated heterocycles. The van der Waals surface area contributed by atoms with Gasteiger partial charge in [-0.1, -0.05) is 0 Å². The first-order valence-electron chi connectivity index (χ1n) is 4.32. The van der Waals surface area contributed by atoms with E-state index in [0.717, 1.165) is 0 Å². The third kappa shape index (κ3) is 2.83. The zero-order valence-electron chi connectivity index (χ0n) is 8.71. The summed E-state index contributed by atoms with van der Waals surface area (Å²) in [7, 11) is 0. The van der Waals surface area contributed by atoms with Gasteiger partial charge in [0.15, 0.2) is 0 Å². The minimum Gasteiger partial charge on any atom is -0.768 e. The molecule has 1 aliphatic heterocycles. The van der Waals surface area contributed by atoms with E-state index in [-0.39, 0.29) is 34.5 Å². The van der Waals surface area contributed by atoms with Crippen LogP contribution in [0.25, 0.3) is 0 Å². The van der Waals surface area contributed by atoms with Crippen LogP contribution in [-0.2, 0) is 15.8 Å². The smallest absolute Gasteiger partial charge is 0.768 e. The van der Waals surface area contributed by atoms with E-state index in [0.29, 0.717) is 18.8 Å². The quantitative estimate of drug-likeness (QED) is 0.444. The summed E-state index contributed by atoms with van der Waals surface area (Å²) in [4.78, 5) is 12.8. The summed E-state index contributed by atoms with van der Waals surface area (Å²) in [6.07, 6.45) is -0.397. The van der Waals surface area contributed by atoms with Crippen LogP contribution < -0.4 is 34.5 Å². The molecule has 0 saturated carbocycles. The van der Waals surface area contributed by atoms with Crippen LogP contribution in [0.4, 0.5) is 10.5 Å². The molecule has 7 heteroatoms. The van der Waals surface area contributed by atoms with Crippen molar-refractivity contribution < 1.29 is 47.9 Å². The summed E-state index contributed by atoms with van der Waals surface area (Å²) in [6, 6.07) is 6.06. The van der Waals surface area contributed by atoms with Gasteiger partial charge in [0, 0.05) is 10.6 Å². The van der Waals surface area contributed by atoms with Crippen molar-refractivity contribution >= 4 is 22.9 Å². The fourth-order valence-corrected chi connectivity index (χ4v) is 1.72. The van der Waals surface area contributed by atoms with Crippen LogP contribution in [0.2, 0.25) is 0 Å². The molecule has 1 amide bonds. The van der Waals surface area contributed by atoms with Gasteiger partial charge in [-0.05, 0) is 35.3 Å². The first-order valence-corrected chi connectivity index (χ1v) is 5.39. The molecular formula is C9H8NNaO4S. The Balaban J connectivity index is 0.00000128. The van der Waals surface area contributed by atoms with Gasteiger partial charge >= 0.3 is 35.7 Å². The Bertz CT molecular complexity index is 408. The number of cyclic esters (lactones) is 1. The molecule has 16 heavy (non-hydrogen) atoms. The molecular weight excluding hydrogens is 241 g/mol. The number of hydrogen-bond donors (Lipinski definition) is 0. The minimum absolute atomic E-state index is 0. The topological polar surface area (TPSA) is 69.7 Å². The fourth-order valence-electron chi connectivity index (χ4n) is 1.37. The third-order valence-corrected chi connectivity index (χ3v) is 2.76. The minimum atomic E-state index is -2.23. The number of carbonyl (C=O) groups excluding carboxylic acids is 1. The molecule has 5 nitrogen and oxygen atoms in total. The van der Waals surface area contributed by atoms with E-state index < -0.39 is 17.2 Å². The second kappa shape index (κ2) is 5.79. The summed E-state index contributed by atoms with van der Waals surface area (Å²) in [5, 5.41) is 0. The molecule has 1 heterocycles. The molecule has 1 aliphatic rings. The molecule has 0 spiro atoms. The van der Waals surface area contributed by atoms with Crippen LogP contribution in [0.1, 0.15) is 0 Å². The van der Waals surface area contributed by atoms with E-state index in [9.17, 15) is 13.6 Å². The Morgan fingerprint density at radius 1 is 1.31 bits per heavy atom. The number of hydrogen-bond acceptors (Lipinski definition) is 4. The molecule has 2 rings (SSSR count). The Kier molecular flexibility index (Phi) is 4.94. The van der Waals surface area contributed by atoms with Gasteiger partial charge in [-0.15, -0.1) is 0 Å². The maximum atomic E-state index is 11.2. The van der Waals surface area contributed by atoms with Crippen molar-refractivity contribution in [3.05, 3.63) is 24.3 Å². The van der Waals surface area contributed by atoms with Gasteiger partial charge in [-0.2, -0.15) is 0 Å². The Morgan fingerprint density at radius 2 is 1.94 bits per heavy atom. The van der Waals surface area contributed by atoms with Crippen molar-refractivity contribution in [1.29, 1.82) is 0 Å². The first kappa shape index (κ1) is 13.7. The normalized spacial score (nSPS) is 16.6. The van der Waals surface area contributed by atoms with E-state index in [1.807, 2.05) is 0 Å². The Hall–Kier alpha value is -0.400. The van der Waals surface area contributed by atoms with Crippen molar-refractivity contribution in [3.8, 4) is 0 Å². The second-order valence-electron chi connectivity index (χ2n) is 2.99. The Morgan fingerprint density at radius 3 is 2.38 bits per heavy atom. The average molecular weight is 249 g/mol. The molecule has 1 fully saturated rings. The van der Waals surface area contributed by atoms with Gasteiger partial charge in [0.05, 0.1) is 6.54 Å². The number of nitrogens with zero attached hydrogens (tertiary/aromatic N) is 1. The van der Waals surface area contributed by atoms with Crippen LogP contribution in [0.5, 0.6) is 0 Å². The maximum absolute atomic E-state index is 11.2. The monoisotopic (exact) mass is 249 g/mol.